The van der Waals surface area contributed by atoms with Crippen molar-refractivity contribution in [3.8, 4) is 5.75 Å². The number of aromatic hydroxyl groups is 1. The molecule has 1 heterocycles. The number of phenols is 1. The largest absolute Gasteiger partial charge is 0.507 e. The lowest BCUT2D eigenvalue weighted by molar-refractivity contribution is 0.0472. The van der Waals surface area contributed by atoms with Gasteiger partial charge in [0.1, 0.15) is 11.3 Å². The monoisotopic (exact) mass is 290 g/mol. The summed E-state index contributed by atoms with van der Waals surface area (Å²) >= 11 is 1.36. The average Bonchev–Trinajstić information content (AvgIpc) is 2.85. The van der Waals surface area contributed by atoms with Crippen LogP contribution in [0.1, 0.15) is 30.5 Å². The first kappa shape index (κ1) is 14.3. The van der Waals surface area contributed by atoms with Gasteiger partial charge in [-0.15, -0.1) is 11.3 Å². The lowest BCUT2D eigenvalue weighted by atomic mass is 10.1. The number of ketones is 1. The number of aryl methyl sites for hydroxylation is 2. The molecule has 0 spiro atoms. The molecular weight excluding hydrogens is 276 g/mol. The Hall–Kier alpha value is -2.14. The molecule has 2 rings (SSSR count). The molecule has 20 heavy (non-hydrogen) atoms. The van der Waals surface area contributed by atoms with E-state index < -0.39 is 5.97 Å². The number of esters is 1. The molecule has 5 heteroatoms. The zero-order valence-corrected chi connectivity index (χ0v) is 12.0. The smallest absolute Gasteiger partial charge is 0.342 e. The number of carbonyl (C=O) groups is 2. The van der Waals surface area contributed by atoms with E-state index >= 15 is 0 Å². The van der Waals surface area contributed by atoms with Crippen molar-refractivity contribution in [2.24, 2.45) is 0 Å². The van der Waals surface area contributed by atoms with Gasteiger partial charge in [0.25, 0.3) is 0 Å². The molecule has 0 fully saturated rings. The Morgan fingerprint density at radius 3 is 2.60 bits per heavy atom. The molecule has 0 bridgehead atoms. The molecule has 104 valence electrons. The van der Waals surface area contributed by atoms with Gasteiger partial charge in [0.2, 0.25) is 5.78 Å². The highest BCUT2D eigenvalue weighted by atomic mass is 32.1. The molecule has 0 radical (unpaired) electrons. The summed E-state index contributed by atoms with van der Waals surface area (Å²) in [6, 6.07) is 8.35. The van der Waals surface area contributed by atoms with E-state index in [9.17, 15) is 14.7 Å². The van der Waals surface area contributed by atoms with Crippen LogP contribution in [0.4, 0.5) is 0 Å². The minimum absolute atomic E-state index is 0.0696. The molecule has 0 aliphatic carbocycles. The molecule has 0 atom stereocenters. The predicted molar refractivity (Wildman–Crippen MR) is 76.5 cm³/mol. The molecule has 0 amide bonds. The maximum absolute atomic E-state index is 11.8. The Balaban J connectivity index is 2.02. The van der Waals surface area contributed by atoms with Crippen LogP contribution in [-0.4, -0.2) is 23.5 Å². The molecule has 2 aromatic rings. The van der Waals surface area contributed by atoms with E-state index in [-0.39, 0.29) is 23.7 Å². The third-order valence-electron chi connectivity index (χ3n) is 2.81. The Morgan fingerprint density at radius 1 is 1.20 bits per heavy atom. The van der Waals surface area contributed by atoms with Crippen LogP contribution >= 0.6 is 11.3 Å². The van der Waals surface area contributed by atoms with Crippen LogP contribution in [0.15, 0.2) is 30.3 Å². The van der Waals surface area contributed by atoms with Crippen LogP contribution in [0.2, 0.25) is 0 Å². The molecule has 0 aliphatic rings. The molecule has 0 aliphatic heterocycles. The number of benzene rings is 1. The molecule has 1 aromatic heterocycles. The Morgan fingerprint density at radius 2 is 1.95 bits per heavy atom. The third kappa shape index (κ3) is 3.05. The van der Waals surface area contributed by atoms with Crippen molar-refractivity contribution in [1.29, 1.82) is 0 Å². The van der Waals surface area contributed by atoms with Crippen molar-refractivity contribution < 1.29 is 19.4 Å². The van der Waals surface area contributed by atoms with Gasteiger partial charge in [-0.1, -0.05) is 12.1 Å². The predicted octanol–water partition coefficient (Wildman–Crippen LogP) is 3.11. The molecule has 1 aromatic carbocycles. The highest BCUT2D eigenvalue weighted by Crippen LogP contribution is 2.22. The van der Waals surface area contributed by atoms with Crippen molar-refractivity contribution in [3.63, 3.8) is 0 Å². The van der Waals surface area contributed by atoms with Crippen LogP contribution < -0.4 is 0 Å². The van der Waals surface area contributed by atoms with Gasteiger partial charge in [-0.3, -0.25) is 4.79 Å². The summed E-state index contributed by atoms with van der Waals surface area (Å²) in [5.74, 6) is -1.06. The number of para-hydroxylation sites is 1. The van der Waals surface area contributed by atoms with Gasteiger partial charge >= 0.3 is 5.97 Å². The van der Waals surface area contributed by atoms with E-state index in [0.29, 0.717) is 10.4 Å². The first-order chi connectivity index (χ1) is 9.49. The SMILES string of the molecule is Cc1ccc(C(=O)COC(=O)c2cccc(C)c2O)s1. The van der Waals surface area contributed by atoms with E-state index in [1.165, 1.54) is 17.4 Å². The lowest BCUT2D eigenvalue weighted by Gasteiger charge is -2.06. The maximum atomic E-state index is 11.8. The summed E-state index contributed by atoms with van der Waals surface area (Å²) in [5.41, 5.74) is 0.653. The summed E-state index contributed by atoms with van der Waals surface area (Å²) in [4.78, 5) is 25.2. The second kappa shape index (κ2) is 5.88. The van der Waals surface area contributed by atoms with Gasteiger partial charge in [0.15, 0.2) is 6.61 Å². The Labute approximate surface area is 120 Å². The van der Waals surface area contributed by atoms with Crippen LogP contribution in [0, 0.1) is 13.8 Å². The lowest BCUT2D eigenvalue weighted by Crippen LogP contribution is -2.13. The fourth-order valence-corrected chi connectivity index (χ4v) is 2.48. The first-order valence-corrected chi connectivity index (χ1v) is 6.86. The second-order valence-corrected chi connectivity index (χ2v) is 5.67. The number of carbonyl (C=O) groups excluding carboxylic acids is 2. The molecule has 0 saturated heterocycles. The normalized spacial score (nSPS) is 10.3. The highest BCUT2D eigenvalue weighted by molar-refractivity contribution is 7.14. The number of hydrogen-bond donors (Lipinski definition) is 1. The van der Waals surface area contributed by atoms with Gasteiger partial charge in [0, 0.05) is 4.88 Å². The highest BCUT2D eigenvalue weighted by Gasteiger charge is 2.16. The van der Waals surface area contributed by atoms with E-state index in [1.54, 1.807) is 25.1 Å². The fraction of sp³-hybridized carbons (Fsp3) is 0.200. The molecule has 1 N–H and O–H groups in total. The fourth-order valence-electron chi connectivity index (χ4n) is 1.69. The number of rotatable bonds is 4. The second-order valence-electron chi connectivity index (χ2n) is 4.38. The van der Waals surface area contributed by atoms with Crippen LogP contribution in [0.25, 0.3) is 0 Å². The van der Waals surface area contributed by atoms with Gasteiger partial charge in [0.05, 0.1) is 4.88 Å². The van der Waals surface area contributed by atoms with Crippen molar-refractivity contribution in [2.75, 3.05) is 6.61 Å². The average molecular weight is 290 g/mol. The summed E-state index contributed by atoms with van der Waals surface area (Å²) in [6.45, 7) is 3.26. The summed E-state index contributed by atoms with van der Waals surface area (Å²) in [7, 11) is 0. The minimum atomic E-state index is -0.701. The Kier molecular flexibility index (Phi) is 4.20. The number of phenolic OH excluding ortho intramolecular Hbond substituents is 1. The van der Waals surface area contributed by atoms with Crippen LogP contribution in [-0.2, 0) is 4.74 Å². The number of ether oxygens (including phenoxy) is 1. The molecular formula is C15H14O4S. The van der Waals surface area contributed by atoms with Gasteiger partial charge in [-0.05, 0) is 37.6 Å². The van der Waals surface area contributed by atoms with Crippen molar-refractivity contribution >= 4 is 23.1 Å². The topological polar surface area (TPSA) is 63.6 Å². The van der Waals surface area contributed by atoms with E-state index in [1.807, 2.05) is 13.0 Å². The minimum Gasteiger partial charge on any atom is -0.507 e. The number of Topliss-reactive ketones (excluding diaryl/α,β-unsaturated/α-hetero) is 1. The first-order valence-electron chi connectivity index (χ1n) is 6.04. The standard InChI is InChI=1S/C15H14O4S/c1-9-4-3-5-11(14(9)17)15(18)19-8-12(16)13-7-6-10(2)20-13/h3-7,17H,8H2,1-2H3. The van der Waals surface area contributed by atoms with Gasteiger partial charge in [-0.2, -0.15) is 0 Å². The van der Waals surface area contributed by atoms with Crippen molar-refractivity contribution in [2.45, 2.75) is 13.8 Å². The number of thiophene rings is 1. The van der Waals surface area contributed by atoms with Crippen molar-refractivity contribution in [3.05, 3.63) is 51.2 Å². The molecule has 0 saturated carbocycles. The Bertz CT molecular complexity index is 658. The van der Waals surface area contributed by atoms with Crippen LogP contribution in [0.3, 0.4) is 0 Å². The van der Waals surface area contributed by atoms with Crippen LogP contribution in [0.5, 0.6) is 5.75 Å². The zero-order valence-electron chi connectivity index (χ0n) is 11.2. The van der Waals surface area contributed by atoms with Gasteiger partial charge in [-0.25, -0.2) is 4.79 Å². The van der Waals surface area contributed by atoms with E-state index in [2.05, 4.69) is 0 Å². The zero-order chi connectivity index (χ0) is 14.7. The summed E-state index contributed by atoms with van der Waals surface area (Å²) in [6.07, 6.45) is 0. The maximum Gasteiger partial charge on any atom is 0.342 e. The van der Waals surface area contributed by atoms with E-state index in [4.69, 9.17) is 4.74 Å². The van der Waals surface area contributed by atoms with Gasteiger partial charge < -0.3 is 9.84 Å². The summed E-state index contributed by atoms with van der Waals surface area (Å²) < 4.78 is 4.95. The molecule has 0 unspecified atom stereocenters. The molecule has 4 nitrogen and oxygen atoms in total. The van der Waals surface area contributed by atoms with E-state index in [0.717, 1.165) is 4.88 Å². The van der Waals surface area contributed by atoms with Crippen molar-refractivity contribution in [1.82, 2.24) is 0 Å². The third-order valence-corrected chi connectivity index (χ3v) is 3.85. The summed E-state index contributed by atoms with van der Waals surface area (Å²) in [5, 5.41) is 9.77. The quantitative estimate of drug-likeness (QED) is 0.694. The number of hydrogen-bond acceptors (Lipinski definition) is 5.